The van der Waals surface area contributed by atoms with Gasteiger partial charge in [-0.2, -0.15) is 5.10 Å². The molecule has 24 heavy (non-hydrogen) atoms. The van der Waals surface area contributed by atoms with Crippen LogP contribution in [0.4, 0.5) is 5.69 Å². The summed E-state index contributed by atoms with van der Waals surface area (Å²) in [6.07, 6.45) is 1.15. The number of rotatable bonds is 6. The van der Waals surface area contributed by atoms with Crippen LogP contribution in [0.15, 0.2) is 24.3 Å². The number of aromatic nitrogens is 2. The first-order valence-corrected chi connectivity index (χ1v) is 8.78. The summed E-state index contributed by atoms with van der Waals surface area (Å²) in [5.74, 6) is 0.953. The number of aryl methyl sites for hydroxylation is 2. The van der Waals surface area contributed by atoms with Gasteiger partial charge in [0, 0.05) is 43.5 Å². The summed E-state index contributed by atoms with van der Waals surface area (Å²) in [5, 5.41) is 8.33. The molecule has 5 nitrogen and oxygen atoms in total. The first kappa shape index (κ1) is 16.8. The van der Waals surface area contributed by atoms with Crippen LogP contribution in [0.3, 0.4) is 0 Å². The zero-order chi connectivity index (χ0) is 17.1. The van der Waals surface area contributed by atoms with Crippen LogP contribution in [0.2, 0.25) is 0 Å². The van der Waals surface area contributed by atoms with Gasteiger partial charge in [-0.05, 0) is 39.3 Å². The van der Waals surface area contributed by atoms with Crippen molar-refractivity contribution in [3.8, 4) is 5.75 Å². The molecule has 2 aromatic rings. The smallest absolute Gasteiger partial charge is 0.142 e. The van der Waals surface area contributed by atoms with E-state index < -0.39 is 0 Å². The number of hydrogen-bond acceptors (Lipinski definition) is 4. The molecule has 1 saturated heterocycles. The van der Waals surface area contributed by atoms with Crippen LogP contribution < -0.4 is 15.0 Å². The van der Waals surface area contributed by atoms with Crippen LogP contribution in [0.5, 0.6) is 5.75 Å². The topological polar surface area (TPSA) is 42.3 Å². The summed E-state index contributed by atoms with van der Waals surface area (Å²) in [4.78, 5) is 2.41. The fourth-order valence-electron chi connectivity index (χ4n) is 3.58. The Balaban J connectivity index is 1.62. The minimum atomic E-state index is 0.499. The zero-order valence-corrected chi connectivity index (χ0v) is 15.2. The lowest BCUT2D eigenvalue weighted by atomic mass is 10.1. The number of benzene rings is 1. The van der Waals surface area contributed by atoms with Crippen molar-refractivity contribution < 1.29 is 4.74 Å². The van der Waals surface area contributed by atoms with Gasteiger partial charge in [0.25, 0.3) is 0 Å². The predicted molar refractivity (Wildman–Crippen MR) is 97.8 cm³/mol. The van der Waals surface area contributed by atoms with Gasteiger partial charge in [0.1, 0.15) is 5.75 Å². The predicted octanol–water partition coefficient (Wildman–Crippen LogP) is 2.90. The van der Waals surface area contributed by atoms with Crippen LogP contribution >= 0.6 is 0 Å². The van der Waals surface area contributed by atoms with E-state index in [-0.39, 0.29) is 0 Å². The van der Waals surface area contributed by atoms with Crippen molar-refractivity contribution in [2.24, 2.45) is 0 Å². The third-order valence-electron chi connectivity index (χ3n) is 5.01. The Morgan fingerprint density at radius 3 is 2.79 bits per heavy atom. The molecule has 3 rings (SSSR count). The molecule has 1 fully saturated rings. The Hall–Kier alpha value is -2.01. The van der Waals surface area contributed by atoms with Crippen LogP contribution in [0.25, 0.3) is 0 Å². The molecule has 5 heteroatoms. The molecule has 130 valence electrons. The van der Waals surface area contributed by atoms with Crippen molar-refractivity contribution in [2.45, 2.75) is 46.3 Å². The average molecular weight is 328 g/mol. The molecule has 1 unspecified atom stereocenters. The molecule has 0 bridgehead atoms. The standard InChI is InChI=1S/C19H28N4O/c1-5-23-15(3)17(14(2)21-23)12-20-16-10-11-22(13-16)18-8-6-7-9-19(18)24-4/h6-9,16,20H,5,10-13H2,1-4H3. The van der Waals surface area contributed by atoms with E-state index in [1.165, 1.54) is 16.9 Å². The molecule has 1 aliphatic rings. The third-order valence-corrected chi connectivity index (χ3v) is 5.01. The highest BCUT2D eigenvalue weighted by Crippen LogP contribution is 2.30. The summed E-state index contributed by atoms with van der Waals surface area (Å²) < 4.78 is 7.58. The van der Waals surface area contributed by atoms with Gasteiger partial charge in [-0.1, -0.05) is 12.1 Å². The SMILES string of the molecule is CCn1nc(C)c(CNC2CCN(c3ccccc3OC)C2)c1C. The molecule has 0 saturated carbocycles. The lowest BCUT2D eigenvalue weighted by Crippen LogP contribution is -2.32. The molecule has 1 atom stereocenters. The molecule has 1 aromatic carbocycles. The van der Waals surface area contributed by atoms with Crippen LogP contribution in [0, 0.1) is 13.8 Å². The normalized spacial score (nSPS) is 17.5. The minimum absolute atomic E-state index is 0.499. The van der Waals surface area contributed by atoms with E-state index in [0.29, 0.717) is 6.04 Å². The molecule has 2 heterocycles. The first-order chi connectivity index (χ1) is 11.6. The van der Waals surface area contributed by atoms with E-state index in [1.54, 1.807) is 7.11 Å². The van der Waals surface area contributed by atoms with Crippen molar-refractivity contribution >= 4 is 5.69 Å². The molecule has 1 aliphatic heterocycles. The van der Waals surface area contributed by atoms with Crippen LogP contribution in [-0.2, 0) is 13.1 Å². The molecule has 0 radical (unpaired) electrons. The lowest BCUT2D eigenvalue weighted by Gasteiger charge is -2.21. The maximum Gasteiger partial charge on any atom is 0.142 e. The maximum absolute atomic E-state index is 5.50. The number of anilines is 1. The average Bonchev–Trinajstić information content (AvgIpc) is 3.18. The van der Waals surface area contributed by atoms with Gasteiger partial charge < -0.3 is 15.0 Å². The Labute approximate surface area is 144 Å². The molecule has 0 aliphatic carbocycles. The van der Waals surface area contributed by atoms with Crippen molar-refractivity contribution in [3.05, 3.63) is 41.2 Å². The third kappa shape index (κ3) is 3.26. The van der Waals surface area contributed by atoms with Gasteiger partial charge in [-0.25, -0.2) is 0 Å². The highest BCUT2D eigenvalue weighted by Gasteiger charge is 2.24. The van der Waals surface area contributed by atoms with E-state index in [0.717, 1.165) is 44.0 Å². The Bertz CT molecular complexity index is 695. The fraction of sp³-hybridized carbons (Fsp3) is 0.526. The van der Waals surface area contributed by atoms with Crippen molar-refractivity contribution in [3.63, 3.8) is 0 Å². The molecule has 0 amide bonds. The fourth-order valence-corrected chi connectivity index (χ4v) is 3.58. The van der Waals surface area contributed by atoms with E-state index in [1.807, 2.05) is 12.1 Å². The Morgan fingerprint density at radius 2 is 2.08 bits per heavy atom. The monoisotopic (exact) mass is 328 g/mol. The lowest BCUT2D eigenvalue weighted by molar-refractivity contribution is 0.414. The van der Waals surface area contributed by atoms with E-state index in [9.17, 15) is 0 Å². The van der Waals surface area contributed by atoms with Crippen molar-refractivity contribution in [2.75, 3.05) is 25.1 Å². The summed E-state index contributed by atoms with van der Waals surface area (Å²) in [6, 6.07) is 8.76. The van der Waals surface area contributed by atoms with Crippen LogP contribution in [0.1, 0.15) is 30.3 Å². The van der Waals surface area contributed by atoms with Gasteiger partial charge in [0.05, 0.1) is 18.5 Å². The second-order valence-electron chi connectivity index (χ2n) is 6.45. The summed E-state index contributed by atoms with van der Waals surface area (Å²) in [7, 11) is 1.74. The summed E-state index contributed by atoms with van der Waals surface area (Å²) in [5.41, 5.74) is 4.95. The Kier molecular flexibility index (Phi) is 5.09. The number of methoxy groups -OCH3 is 1. The number of para-hydroxylation sites is 2. The second kappa shape index (κ2) is 7.26. The van der Waals surface area contributed by atoms with Gasteiger partial charge >= 0.3 is 0 Å². The maximum atomic E-state index is 5.50. The Morgan fingerprint density at radius 1 is 1.29 bits per heavy atom. The van der Waals surface area contributed by atoms with Gasteiger partial charge in [0.2, 0.25) is 0 Å². The highest BCUT2D eigenvalue weighted by molar-refractivity contribution is 5.59. The van der Waals surface area contributed by atoms with Crippen molar-refractivity contribution in [1.29, 1.82) is 0 Å². The number of hydrogen-bond donors (Lipinski definition) is 1. The quantitative estimate of drug-likeness (QED) is 0.885. The summed E-state index contributed by atoms with van der Waals surface area (Å²) >= 11 is 0. The summed E-state index contributed by atoms with van der Waals surface area (Å²) in [6.45, 7) is 10.3. The molecule has 1 N–H and O–H groups in total. The van der Waals surface area contributed by atoms with E-state index >= 15 is 0 Å². The zero-order valence-electron chi connectivity index (χ0n) is 15.2. The molecule has 0 spiro atoms. The largest absolute Gasteiger partial charge is 0.495 e. The molecular formula is C19H28N4O. The minimum Gasteiger partial charge on any atom is -0.495 e. The number of nitrogens with one attached hydrogen (secondary N) is 1. The van der Waals surface area contributed by atoms with Crippen LogP contribution in [-0.4, -0.2) is 36.0 Å². The number of ether oxygens (including phenoxy) is 1. The van der Waals surface area contributed by atoms with Crippen molar-refractivity contribution in [1.82, 2.24) is 15.1 Å². The second-order valence-corrected chi connectivity index (χ2v) is 6.45. The first-order valence-electron chi connectivity index (χ1n) is 8.78. The molecular weight excluding hydrogens is 300 g/mol. The van der Waals surface area contributed by atoms with Gasteiger partial charge in [-0.15, -0.1) is 0 Å². The number of nitrogens with zero attached hydrogens (tertiary/aromatic N) is 3. The van der Waals surface area contributed by atoms with E-state index in [4.69, 9.17) is 4.74 Å². The van der Waals surface area contributed by atoms with E-state index in [2.05, 4.69) is 52.9 Å². The molecule has 1 aromatic heterocycles. The highest BCUT2D eigenvalue weighted by atomic mass is 16.5. The van der Waals surface area contributed by atoms with Gasteiger partial charge in [0.15, 0.2) is 0 Å². The van der Waals surface area contributed by atoms with Gasteiger partial charge in [-0.3, -0.25) is 4.68 Å².